The minimum absolute atomic E-state index is 0.143. The summed E-state index contributed by atoms with van der Waals surface area (Å²) in [6, 6.07) is 5.08. The van der Waals surface area contributed by atoms with Gasteiger partial charge >= 0.3 is 0 Å². The Bertz CT molecular complexity index is 459. The van der Waals surface area contributed by atoms with Crippen molar-refractivity contribution in [2.75, 3.05) is 0 Å². The van der Waals surface area contributed by atoms with Gasteiger partial charge in [0.1, 0.15) is 5.82 Å². The SMILES string of the molecule is NNC(CC1=CCCCC1)Cc1ccc(Cl)c(F)c1. The van der Waals surface area contributed by atoms with E-state index in [4.69, 9.17) is 17.4 Å². The highest BCUT2D eigenvalue weighted by Gasteiger charge is 2.13. The Morgan fingerprint density at radius 2 is 2.16 bits per heavy atom. The maximum absolute atomic E-state index is 13.4. The summed E-state index contributed by atoms with van der Waals surface area (Å²) in [7, 11) is 0. The Kier molecular flexibility index (Phi) is 5.37. The van der Waals surface area contributed by atoms with Crippen molar-refractivity contribution >= 4 is 11.6 Å². The van der Waals surface area contributed by atoms with E-state index in [9.17, 15) is 4.39 Å². The lowest BCUT2D eigenvalue weighted by atomic mass is 9.92. The van der Waals surface area contributed by atoms with E-state index in [-0.39, 0.29) is 16.9 Å². The van der Waals surface area contributed by atoms with Gasteiger partial charge in [-0.05, 0) is 56.2 Å². The van der Waals surface area contributed by atoms with Crippen LogP contribution in [0.15, 0.2) is 29.8 Å². The topological polar surface area (TPSA) is 38.0 Å². The van der Waals surface area contributed by atoms with E-state index in [2.05, 4.69) is 11.5 Å². The molecule has 0 fully saturated rings. The van der Waals surface area contributed by atoms with Crippen LogP contribution < -0.4 is 11.3 Å². The second-order valence-electron chi connectivity index (χ2n) is 5.13. The molecule has 19 heavy (non-hydrogen) atoms. The average molecular weight is 283 g/mol. The van der Waals surface area contributed by atoms with Gasteiger partial charge < -0.3 is 0 Å². The van der Waals surface area contributed by atoms with Crippen LogP contribution in [0.25, 0.3) is 0 Å². The number of rotatable bonds is 5. The number of hydrogen-bond donors (Lipinski definition) is 2. The van der Waals surface area contributed by atoms with Crippen molar-refractivity contribution in [2.24, 2.45) is 5.84 Å². The van der Waals surface area contributed by atoms with Crippen LogP contribution in [0.4, 0.5) is 4.39 Å². The number of hydrazine groups is 1. The fourth-order valence-corrected chi connectivity index (χ4v) is 2.67. The first kappa shape index (κ1) is 14.5. The molecule has 0 saturated heterocycles. The predicted molar refractivity (Wildman–Crippen MR) is 77.4 cm³/mol. The Hall–Kier alpha value is -0.900. The Balaban J connectivity index is 1.97. The molecule has 0 aromatic heterocycles. The summed E-state index contributed by atoms with van der Waals surface area (Å²) in [5.41, 5.74) is 5.22. The Morgan fingerprint density at radius 3 is 2.79 bits per heavy atom. The average Bonchev–Trinajstić information content (AvgIpc) is 2.43. The van der Waals surface area contributed by atoms with Gasteiger partial charge in [0.25, 0.3) is 0 Å². The van der Waals surface area contributed by atoms with Crippen molar-refractivity contribution in [3.8, 4) is 0 Å². The van der Waals surface area contributed by atoms with Crippen LogP contribution in [-0.4, -0.2) is 6.04 Å². The molecule has 2 nitrogen and oxygen atoms in total. The van der Waals surface area contributed by atoms with Gasteiger partial charge in [0.2, 0.25) is 0 Å². The van der Waals surface area contributed by atoms with Crippen molar-refractivity contribution in [1.82, 2.24) is 5.43 Å². The van der Waals surface area contributed by atoms with Gasteiger partial charge in [-0.1, -0.05) is 29.3 Å². The third-order valence-corrected chi connectivity index (χ3v) is 3.90. The lowest BCUT2D eigenvalue weighted by Gasteiger charge is -2.20. The fraction of sp³-hybridized carbons (Fsp3) is 0.467. The lowest BCUT2D eigenvalue weighted by molar-refractivity contribution is 0.503. The molecule has 1 aromatic rings. The molecule has 0 aliphatic heterocycles. The fourth-order valence-electron chi connectivity index (χ4n) is 2.55. The largest absolute Gasteiger partial charge is 0.271 e. The standard InChI is InChI=1S/C15H20ClFN2/c16-14-7-6-12(10-15(14)17)9-13(19-18)8-11-4-2-1-3-5-11/h4,6-7,10,13,19H,1-3,5,8-9,18H2. The molecule has 1 aromatic carbocycles. The molecule has 0 amide bonds. The highest BCUT2D eigenvalue weighted by atomic mass is 35.5. The summed E-state index contributed by atoms with van der Waals surface area (Å²) >= 11 is 5.68. The van der Waals surface area contributed by atoms with Gasteiger partial charge in [-0.25, -0.2) is 4.39 Å². The van der Waals surface area contributed by atoms with Crippen LogP contribution in [0.5, 0.6) is 0 Å². The van der Waals surface area contributed by atoms with Crippen molar-refractivity contribution < 1.29 is 4.39 Å². The van der Waals surface area contributed by atoms with Crippen LogP contribution in [0.3, 0.4) is 0 Å². The van der Waals surface area contributed by atoms with Gasteiger partial charge in [0.05, 0.1) is 5.02 Å². The van der Waals surface area contributed by atoms with Crippen molar-refractivity contribution in [2.45, 2.75) is 44.6 Å². The number of hydrogen-bond acceptors (Lipinski definition) is 2. The Labute approximate surface area is 118 Å². The predicted octanol–water partition coefficient (Wildman–Crippen LogP) is 3.74. The molecule has 0 spiro atoms. The number of nitrogens with two attached hydrogens (primary N) is 1. The number of allylic oxidation sites excluding steroid dienone is 1. The first-order valence-electron chi connectivity index (χ1n) is 6.77. The molecule has 1 atom stereocenters. The summed E-state index contributed by atoms with van der Waals surface area (Å²) in [4.78, 5) is 0. The number of benzene rings is 1. The molecule has 2 rings (SSSR count). The van der Waals surface area contributed by atoms with E-state index in [0.29, 0.717) is 6.42 Å². The van der Waals surface area contributed by atoms with Crippen LogP contribution in [0.1, 0.15) is 37.7 Å². The minimum atomic E-state index is -0.369. The molecule has 1 aliphatic carbocycles. The van der Waals surface area contributed by atoms with Crippen LogP contribution in [0, 0.1) is 5.82 Å². The zero-order valence-corrected chi connectivity index (χ0v) is 11.7. The van der Waals surface area contributed by atoms with Gasteiger partial charge in [0.15, 0.2) is 0 Å². The quantitative estimate of drug-likeness (QED) is 0.490. The van der Waals surface area contributed by atoms with Crippen molar-refractivity contribution in [3.63, 3.8) is 0 Å². The third-order valence-electron chi connectivity index (χ3n) is 3.60. The van der Waals surface area contributed by atoms with E-state index in [1.165, 1.54) is 30.9 Å². The number of nitrogens with one attached hydrogen (secondary N) is 1. The van der Waals surface area contributed by atoms with E-state index < -0.39 is 0 Å². The van der Waals surface area contributed by atoms with Crippen LogP contribution >= 0.6 is 11.6 Å². The van der Waals surface area contributed by atoms with Crippen LogP contribution in [0.2, 0.25) is 5.02 Å². The van der Waals surface area contributed by atoms with E-state index in [0.717, 1.165) is 18.4 Å². The molecule has 104 valence electrons. The molecule has 0 heterocycles. The van der Waals surface area contributed by atoms with Crippen molar-refractivity contribution in [1.29, 1.82) is 0 Å². The van der Waals surface area contributed by atoms with Crippen molar-refractivity contribution in [3.05, 3.63) is 46.3 Å². The molecular formula is C15H20ClFN2. The number of halogens is 2. The molecule has 1 aliphatic rings. The summed E-state index contributed by atoms with van der Waals surface area (Å²) in [6.45, 7) is 0. The molecule has 1 unspecified atom stereocenters. The zero-order valence-electron chi connectivity index (χ0n) is 11.0. The molecule has 0 bridgehead atoms. The molecular weight excluding hydrogens is 263 g/mol. The van der Waals surface area contributed by atoms with Gasteiger partial charge in [-0.2, -0.15) is 0 Å². The molecule has 4 heteroatoms. The van der Waals surface area contributed by atoms with Gasteiger partial charge in [-0.15, -0.1) is 0 Å². The van der Waals surface area contributed by atoms with E-state index >= 15 is 0 Å². The monoisotopic (exact) mass is 282 g/mol. The highest BCUT2D eigenvalue weighted by Crippen LogP contribution is 2.23. The maximum Gasteiger partial charge on any atom is 0.142 e. The zero-order chi connectivity index (χ0) is 13.7. The summed E-state index contributed by atoms with van der Waals surface area (Å²) in [5, 5.41) is 0.163. The first-order valence-corrected chi connectivity index (χ1v) is 7.15. The van der Waals surface area contributed by atoms with Crippen LogP contribution in [-0.2, 0) is 6.42 Å². The second-order valence-corrected chi connectivity index (χ2v) is 5.54. The molecule has 0 radical (unpaired) electrons. The molecule has 3 N–H and O–H groups in total. The van der Waals surface area contributed by atoms with E-state index in [1.807, 2.05) is 6.07 Å². The molecule has 0 saturated carbocycles. The van der Waals surface area contributed by atoms with Gasteiger partial charge in [-0.3, -0.25) is 11.3 Å². The first-order chi connectivity index (χ1) is 9.19. The normalized spacial score (nSPS) is 17.1. The third kappa shape index (κ3) is 4.30. The summed E-state index contributed by atoms with van der Waals surface area (Å²) in [5.74, 6) is 5.24. The van der Waals surface area contributed by atoms with Gasteiger partial charge in [0, 0.05) is 6.04 Å². The minimum Gasteiger partial charge on any atom is -0.271 e. The van der Waals surface area contributed by atoms with E-state index in [1.54, 1.807) is 6.07 Å². The summed E-state index contributed by atoms with van der Waals surface area (Å²) < 4.78 is 13.4. The highest BCUT2D eigenvalue weighted by molar-refractivity contribution is 6.30. The Morgan fingerprint density at radius 1 is 1.32 bits per heavy atom. The smallest absolute Gasteiger partial charge is 0.142 e. The summed E-state index contributed by atoms with van der Waals surface area (Å²) in [6.07, 6.45) is 8.83. The lowest BCUT2D eigenvalue weighted by Crippen LogP contribution is -2.37. The second kappa shape index (κ2) is 7.04. The maximum atomic E-state index is 13.4.